The molecule has 1 aromatic carbocycles. The van der Waals surface area contributed by atoms with Gasteiger partial charge in [-0.3, -0.25) is 4.79 Å². The third-order valence-corrected chi connectivity index (χ3v) is 4.23. The second-order valence-electron chi connectivity index (χ2n) is 5.80. The number of amides is 1. The van der Waals surface area contributed by atoms with Crippen LogP contribution in [0.4, 0.5) is 0 Å². The molecule has 2 heterocycles. The molecule has 0 bridgehead atoms. The molecule has 1 saturated heterocycles. The average molecular weight is 286 g/mol. The summed E-state index contributed by atoms with van der Waals surface area (Å²) in [7, 11) is 0. The fraction of sp³-hybridized carbons (Fsp3) is 0.471. The minimum Gasteiger partial charge on any atom is -0.375 e. The number of hydrogen-bond donors (Lipinski definition) is 0. The predicted molar refractivity (Wildman–Crippen MR) is 83.5 cm³/mol. The lowest BCUT2D eigenvalue weighted by molar-refractivity contribution is -0.0386. The van der Waals surface area contributed by atoms with E-state index in [1.54, 1.807) is 0 Å². The fourth-order valence-corrected chi connectivity index (χ4v) is 3.02. The molecule has 0 N–H and O–H groups in total. The summed E-state index contributed by atoms with van der Waals surface area (Å²) in [5.41, 5.74) is 1.92. The van der Waals surface area contributed by atoms with Crippen LogP contribution in [-0.2, 0) is 11.3 Å². The van der Waals surface area contributed by atoms with Crippen molar-refractivity contribution >= 4 is 16.8 Å². The first kappa shape index (κ1) is 14.1. The average Bonchev–Trinajstić information content (AvgIpc) is 2.88. The topological polar surface area (TPSA) is 34.5 Å². The molecule has 1 amide bonds. The van der Waals surface area contributed by atoms with E-state index in [1.807, 2.05) is 43.1 Å². The number of aromatic nitrogens is 1. The molecular weight excluding hydrogens is 264 g/mol. The van der Waals surface area contributed by atoms with Gasteiger partial charge in [0.2, 0.25) is 0 Å². The maximum Gasteiger partial charge on any atom is 0.256 e. The second kappa shape index (κ2) is 5.53. The quantitative estimate of drug-likeness (QED) is 0.850. The molecule has 1 aromatic heterocycles. The summed E-state index contributed by atoms with van der Waals surface area (Å²) in [5.74, 6) is 0.112. The number of nitrogens with zero attached hydrogens (tertiary/aromatic N) is 2. The Bertz CT molecular complexity index is 662. The van der Waals surface area contributed by atoms with Crippen LogP contribution < -0.4 is 0 Å². The van der Waals surface area contributed by atoms with Gasteiger partial charge in [-0.1, -0.05) is 18.2 Å². The number of benzene rings is 1. The number of rotatable bonds is 2. The number of aryl methyl sites for hydroxylation is 1. The molecule has 1 aliphatic rings. The fourth-order valence-electron chi connectivity index (χ4n) is 3.02. The smallest absolute Gasteiger partial charge is 0.256 e. The Morgan fingerprint density at radius 3 is 2.86 bits per heavy atom. The van der Waals surface area contributed by atoms with Gasteiger partial charge in [-0.25, -0.2) is 0 Å². The summed E-state index contributed by atoms with van der Waals surface area (Å²) in [5, 5.41) is 1.04. The van der Waals surface area contributed by atoms with Crippen LogP contribution in [0.25, 0.3) is 10.9 Å². The first-order chi connectivity index (χ1) is 10.1. The number of ether oxygens (including phenoxy) is 1. The molecule has 0 radical (unpaired) electrons. The van der Waals surface area contributed by atoms with E-state index < -0.39 is 0 Å². The summed E-state index contributed by atoms with van der Waals surface area (Å²) in [6.07, 6.45) is 2.09. The summed E-state index contributed by atoms with van der Waals surface area (Å²) >= 11 is 0. The van der Waals surface area contributed by atoms with Gasteiger partial charge in [0.05, 0.1) is 24.3 Å². The molecule has 21 heavy (non-hydrogen) atoms. The summed E-state index contributed by atoms with van der Waals surface area (Å²) < 4.78 is 7.76. The molecular formula is C17H22N2O2. The van der Waals surface area contributed by atoms with Gasteiger partial charge in [0.25, 0.3) is 5.91 Å². The number of carbonyl (C=O) groups is 1. The largest absolute Gasteiger partial charge is 0.375 e. The summed E-state index contributed by atoms with van der Waals surface area (Å²) in [6.45, 7) is 8.29. The van der Waals surface area contributed by atoms with Crippen LogP contribution in [0.15, 0.2) is 30.5 Å². The Hall–Kier alpha value is -1.81. The first-order valence-corrected chi connectivity index (χ1v) is 7.62. The molecule has 0 saturated carbocycles. The monoisotopic (exact) mass is 286 g/mol. The van der Waals surface area contributed by atoms with E-state index in [2.05, 4.69) is 17.6 Å². The highest BCUT2D eigenvalue weighted by molar-refractivity contribution is 6.07. The van der Waals surface area contributed by atoms with E-state index in [4.69, 9.17) is 4.74 Å². The third kappa shape index (κ3) is 2.44. The Labute approximate surface area is 125 Å². The van der Waals surface area contributed by atoms with E-state index in [-0.39, 0.29) is 18.1 Å². The van der Waals surface area contributed by atoms with Crippen molar-refractivity contribution in [3.8, 4) is 0 Å². The number of carbonyl (C=O) groups excluding carboxylic acids is 1. The molecule has 4 nitrogen and oxygen atoms in total. The van der Waals surface area contributed by atoms with Gasteiger partial charge in [0.15, 0.2) is 0 Å². The highest BCUT2D eigenvalue weighted by atomic mass is 16.5. The van der Waals surface area contributed by atoms with Gasteiger partial charge in [0, 0.05) is 30.2 Å². The van der Waals surface area contributed by atoms with E-state index in [0.29, 0.717) is 13.2 Å². The van der Waals surface area contributed by atoms with Gasteiger partial charge in [-0.15, -0.1) is 0 Å². The number of para-hydroxylation sites is 1. The van der Waals surface area contributed by atoms with Crippen LogP contribution in [-0.4, -0.2) is 40.7 Å². The molecule has 0 spiro atoms. The summed E-state index contributed by atoms with van der Waals surface area (Å²) in [4.78, 5) is 14.9. The van der Waals surface area contributed by atoms with Crippen molar-refractivity contribution in [2.75, 3.05) is 13.2 Å². The minimum absolute atomic E-state index is 0.102. The maximum atomic E-state index is 13.0. The van der Waals surface area contributed by atoms with Crippen molar-refractivity contribution in [2.45, 2.75) is 39.5 Å². The number of fused-ring (bicyclic) bond motifs is 1. The zero-order chi connectivity index (χ0) is 15.0. The Kier molecular flexibility index (Phi) is 3.72. The maximum absolute atomic E-state index is 13.0. The van der Waals surface area contributed by atoms with Crippen LogP contribution >= 0.6 is 0 Å². The molecule has 2 atom stereocenters. The van der Waals surface area contributed by atoms with E-state index in [0.717, 1.165) is 23.0 Å². The molecule has 2 aromatic rings. The molecule has 0 unspecified atom stereocenters. The summed E-state index contributed by atoms with van der Waals surface area (Å²) in [6, 6.07) is 8.23. The van der Waals surface area contributed by atoms with Gasteiger partial charge in [-0.05, 0) is 26.8 Å². The van der Waals surface area contributed by atoms with Crippen molar-refractivity contribution in [3.63, 3.8) is 0 Å². The van der Waals surface area contributed by atoms with E-state index in [9.17, 15) is 4.79 Å². The van der Waals surface area contributed by atoms with Gasteiger partial charge in [0.1, 0.15) is 0 Å². The Morgan fingerprint density at radius 1 is 1.33 bits per heavy atom. The van der Waals surface area contributed by atoms with Crippen molar-refractivity contribution in [1.82, 2.24) is 9.47 Å². The first-order valence-electron chi connectivity index (χ1n) is 7.62. The van der Waals surface area contributed by atoms with Crippen LogP contribution in [0.1, 0.15) is 31.1 Å². The van der Waals surface area contributed by atoms with E-state index in [1.165, 1.54) is 0 Å². The molecule has 4 heteroatoms. The lowest BCUT2D eigenvalue weighted by Gasteiger charge is -2.36. The SMILES string of the molecule is CCn1cc(C(=O)N2C[C@@H](C)OC[C@@H]2C)c2ccccc21. The van der Waals surface area contributed by atoms with Crippen molar-refractivity contribution in [3.05, 3.63) is 36.0 Å². The second-order valence-corrected chi connectivity index (χ2v) is 5.80. The third-order valence-electron chi connectivity index (χ3n) is 4.23. The number of morpholine rings is 1. The molecule has 0 aliphatic carbocycles. The zero-order valence-corrected chi connectivity index (χ0v) is 12.9. The van der Waals surface area contributed by atoms with E-state index >= 15 is 0 Å². The molecule has 3 rings (SSSR count). The van der Waals surface area contributed by atoms with Crippen LogP contribution in [0.2, 0.25) is 0 Å². The van der Waals surface area contributed by atoms with Crippen LogP contribution in [0.3, 0.4) is 0 Å². The van der Waals surface area contributed by atoms with Crippen molar-refractivity contribution in [2.24, 2.45) is 0 Å². The molecule has 1 fully saturated rings. The zero-order valence-electron chi connectivity index (χ0n) is 12.9. The Morgan fingerprint density at radius 2 is 2.10 bits per heavy atom. The predicted octanol–water partition coefficient (Wildman–Crippen LogP) is 2.91. The highest BCUT2D eigenvalue weighted by Gasteiger charge is 2.29. The standard InChI is InChI=1S/C17H22N2O2/c1-4-18-10-15(14-7-5-6-8-16(14)18)17(20)19-9-13(3)21-11-12(19)2/h5-8,10,12-13H,4,9,11H2,1-3H3/t12-,13+/m0/s1. The highest BCUT2D eigenvalue weighted by Crippen LogP contribution is 2.24. The Balaban J connectivity index is 2.01. The molecule has 1 aliphatic heterocycles. The van der Waals surface area contributed by atoms with Gasteiger partial charge in [-0.2, -0.15) is 0 Å². The van der Waals surface area contributed by atoms with Crippen LogP contribution in [0, 0.1) is 0 Å². The molecule has 112 valence electrons. The van der Waals surface area contributed by atoms with Crippen molar-refractivity contribution < 1.29 is 9.53 Å². The lowest BCUT2D eigenvalue weighted by atomic mass is 10.1. The van der Waals surface area contributed by atoms with Gasteiger partial charge < -0.3 is 14.2 Å². The number of hydrogen-bond acceptors (Lipinski definition) is 2. The van der Waals surface area contributed by atoms with Crippen molar-refractivity contribution in [1.29, 1.82) is 0 Å². The minimum atomic E-state index is 0.102. The van der Waals surface area contributed by atoms with Crippen LogP contribution in [0.5, 0.6) is 0 Å². The normalized spacial score (nSPS) is 22.7. The lowest BCUT2D eigenvalue weighted by Crippen LogP contribution is -2.50. The van der Waals surface area contributed by atoms with Gasteiger partial charge >= 0.3 is 0 Å².